The first-order valence-corrected chi connectivity index (χ1v) is 16.0. The van der Waals surface area contributed by atoms with Crippen LogP contribution >= 0.6 is 15.6 Å². The summed E-state index contributed by atoms with van der Waals surface area (Å²) in [4.78, 5) is 39.4. The monoisotopic (exact) mass is 608 g/mol. The third kappa shape index (κ3) is 10.3. The van der Waals surface area contributed by atoms with Crippen molar-refractivity contribution in [1.29, 1.82) is 0 Å². The van der Waals surface area contributed by atoms with Gasteiger partial charge in [0.05, 0.1) is 0 Å². The first-order chi connectivity index (χ1) is 17.1. The van der Waals surface area contributed by atoms with Gasteiger partial charge < -0.3 is 10.5 Å². The Kier molecular flexibility index (Phi) is 11.3. The van der Waals surface area contributed by atoms with Gasteiger partial charge in [0.2, 0.25) is 0 Å². The smallest absolute Gasteiger partial charge is 1.00 e. The molecule has 0 fully saturated rings. The molecule has 0 aliphatic heterocycles. The molecule has 0 bridgehead atoms. The molecular formula is C29H47NaO8P2. The average Bonchev–Trinajstić information content (AvgIpc) is 2.64. The van der Waals surface area contributed by atoms with Crippen LogP contribution in [0.4, 0.5) is 0 Å². The molecule has 40 heavy (non-hydrogen) atoms. The van der Waals surface area contributed by atoms with Gasteiger partial charge in [0, 0.05) is 17.5 Å². The number of phosphoric acid groups is 2. The Morgan fingerprint density at radius 1 is 0.575 bits per heavy atom. The minimum atomic E-state index is -4.94. The molecule has 11 heteroatoms. The molecule has 0 aromatic heterocycles. The van der Waals surface area contributed by atoms with Gasteiger partial charge in [0.25, 0.3) is 0 Å². The average molecular weight is 609 g/mol. The van der Waals surface area contributed by atoms with E-state index in [0.717, 1.165) is 11.1 Å². The van der Waals surface area contributed by atoms with E-state index in [2.05, 4.69) is 0 Å². The second kappa shape index (κ2) is 12.1. The zero-order valence-electron chi connectivity index (χ0n) is 27.3. The largest absolute Gasteiger partial charge is 1.00 e. The summed E-state index contributed by atoms with van der Waals surface area (Å²) in [5.74, 6) is 0.119. The van der Waals surface area contributed by atoms with Crippen LogP contribution in [0.1, 0.15) is 118 Å². The van der Waals surface area contributed by atoms with Gasteiger partial charge in [-0.05, 0) is 43.9 Å². The van der Waals surface area contributed by atoms with Crippen LogP contribution in [0.15, 0.2) is 24.3 Å². The number of rotatable bonds is 6. The maximum atomic E-state index is 12.1. The zero-order valence-corrected chi connectivity index (χ0v) is 30.1. The van der Waals surface area contributed by atoms with Crippen LogP contribution in [0, 0.1) is 0 Å². The maximum absolute atomic E-state index is 12.1. The van der Waals surface area contributed by atoms with Crippen molar-refractivity contribution in [3.63, 3.8) is 0 Å². The van der Waals surface area contributed by atoms with E-state index >= 15 is 0 Å². The molecule has 0 unspecified atom stereocenters. The topological polar surface area (TPSA) is 134 Å². The van der Waals surface area contributed by atoms with Gasteiger partial charge in [-0.25, -0.2) is 9.13 Å². The van der Waals surface area contributed by atoms with E-state index in [1.165, 1.54) is 0 Å². The molecule has 8 nitrogen and oxygen atoms in total. The molecule has 0 spiro atoms. The van der Waals surface area contributed by atoms with Crippen molar-refractivity contribution in [3.05, 3.63) is 57.6 Å². The van der Waals surface area contributed by atoms with Crippen molar-refractivity contribution in [3.8, 4) is 11.5 Å². The summed E-state index contributed by atoms with van der Waals surface area (Å²) in [5, 5.41) is 0. The quantitative estimate of drug-likeness (QED) is 0.278. The Labute approximate surface area is 263 Å². The summed E-state index contributed by atoms with van der Waals surface area (Å²) in [6.45, 7) is 23.9. The first-order valence-electron chi connectivity index (χ1n) is 13.0. The summed E-state index contributed by atoms with van der Waals surface area (Å²) in [6, 6.07) is 7.52. The molecule has 0 amide bonds. The predicted molar refractivity (Wildman–Crippen MR) is 157 cm³/mol. The Morgan fingerprint density at radius 2 is 0.850 bits per heavy atom. The minimum absolute atomic E-state index is 0. The normalized spacial score (nSPS) is 13.6. The van der Waals surface area contributed by atoms with Crippen LogP contribution in [0.2, 0.25) is 0 Å². The number of phosphoric ester groups is 2. The second-order valence-corrected chi connectivity index (χ2v) is 16.7. The predicted octanol–water partition coefficient (Wildman–Crippen LogP) is 4.53. The molecule has 0 heterocycles. The van der Waals surface area contributed by atoms with Crippen LogP contribution < -0.4 is 38.6 Å². The molecule has 0 saturated heterocycles. The van der Waals surface area contributed by atoms with Gasteiger partial charge in [-0.1, -0.05) is 107 Å². The first kappa shape index (κ1) is 37.4. The van der Waals surface area contributed by atoms with Gasteiger partial charge >= 0.3 is 45.2 Å². The molecule has 0 atom stereocenters. The van der Waals surface area contributed by atoms with Gasteiger partial charge in [-0.15, -0.1) is 0 Å². The molecule has 2 rings (SSSR count). The molecular weight excluding hydrogens is 561 g/mol. The molecule has 222 valence electrons. The van der Waals surface area contributed by atoms with Crippen molar-refractivity contribution in [2.75, 3.05) is 0 Å². The van der Waals surface area contributed by atoms with Crippen molar-refractivity contribution >= 4 is 15.6 Å². The molecule has 2 aromatic rings. The molecule has 0 radical (unpaired) electrons. The Morgan fingerprint density at radius 3 is 1.05 bits per heavy atom. The van der Waals surface area contributed by atoms with Crippen LogP contribution in [-0.2, 0) is 37.2 Å². The number of hydrogen-bond donors (Lipinski definition) is 4. The van der Waals surface area contributed by atoms with E-state index in [9.17, 15) is 28.7 Å². The third-order valence-corrected chi connectivity index (χ3v) is 7.32. The summed E-state index contributed by atoms with van der Waals surface area (Å²) in [7, 11) is -9.89. The molecule has 0 aliphatic rings. The Hall–Kier alpha value is -0.660. The Balaban J connectivity index is 0.00000800. The molecule has 4 N–H and O–H groups in total. The van der Waals surface area contributed by atoms with Gasteiger partial charge in [-0.3, -0.25) is 19.6 Å². The fourth-order valence-electron chi connectivity index (χ4n) is 4.28. The van der Waals surface area contributed by atoms with Crippen molar-refractivity contribution < 1.29 is 68.7 Å². The van der Waals surface area contributed by atoms with E-state index in [4.69, 9.17) is 9.05 Å². The van der Waals surface area contributed by atoms with E-state index in [-0.39, 0.29) is 59.7 Å². The number of benzene rings is 2. The summed E-state index contributed by atoms with van der Waals surface area (Å²) >= 11 is 0. The summed E-state index contributed by atoms with van der Waals surface area (Å²) < 4.78 is 35.0. The molecule has 0 aliphatic carbocycles. The van der Waals surface area contributed by atoms with E-state index in [1.54, 1.807) is 0 Å². The minimum Gasteiger partial charge on any atom is -1.00 e. The van der Waals surface area contributed by atoms with Crippen molar-refractivity contribution in [2.45, 2.75) is 111 Å². The molecule has 0 saturated carbocycles. The number of hydrogen-bond acceptors (Lipinski definition) is 4. The van der Waals surface area contributed by atoms with Crippen molar-refractivity contribution in [2.24, 2.45) is 0 Å². The van der Waals surface area contributed by atoms with Crippen LogP contribution in [-0.4, -0.2) is 19.6 Å². The van der Waals surface area contributed by atoms with E-state index < -0.39 is 26.5 Å². The Bertz CT molecular complexity index is 1220. The standard InChI is InChI=1S/C29H46O8P2.Na.H/c1-26(2,3)20-14-18(24(36-38(30,31)32)22(16-20)28(7,8)9)13-19-15-21(27(4,5)6)17-23(29(10,11)12)25(19)37-39(33,34)35;;/h14-17H,13H2,1-12H3,(H2,30,31,32)(H2,33,34,35);;/q;+1;-1. The van der Waals surface area contributed by atoms with Gasteiger partial charge in [0.1, 0.15) is 11.5 Å². The second-order valence-electron chi connectivity index (χ2n) is 14.4. The molecule has 2 aromatic carbocycles. The third-order valence-electron chi connectivity index (χ3n) is 6.48. The van der Waals surface area contributed by atoms with Crippen LogP contribution in [0.5, 0.6) is 11.5 Å². The van der Waals surface area contributed by atoms with E-state index in [0.29, 0.717) is 22.3 Å². The summed E-state index contributed by atoms with van der Waals surface area (Å²) in [6.07, 6.45) is 0.0602. The summed E-state index contributed by atoms with van der Waals surface area (Å²) in [5.41, 5.74) is 2.40. The van der Waals surface area contributed by atoms with Gasteiger partial charge in [0.15, 0.2) is 0 Å². The fraction of sp³-hybridized carbons (Fsp3) is 0.586. The fourth-order valence-corrected chi connectivity index (χ4v) is 5.19. The van der Waals surface area contributed by atoms with Gasteiger partial charge in [-0.2, -0.15) is 0 Å². The van der Waals surface area contributed by atoms with E-state index in [1.807, 2.05) is 107 Å². The zero-order chi connectivity index (χ0) is 30.6. The van der Waals surface area contributed by atoms with Crippen molar-refractivity contribution in [1.82, 2.24) is 0 Å². The SMILES string of the molecule is CC(C)(C)c1cc(Cc2cc(C(C)(C)C)cc(C(C)(C)C)c2OP(=O)(O)O)c(OP(=O)(O)O)c(C(C)(C)C)c1.[H-].[Na+]. The van der Waals surface area contributed by atoms with Crippen LogP contribution in [0.25, 0.3) is 0 Å². The maximum Gasteiger partial charge on any atom is 1.00 e. The van der Waals surface area contributed by atoms with Crippen LogP contribution in [0.3, 0.4) is 0 Å².